The number of aromatic nitrogens is 2. The second kappa shape index (κ2) is 9.21. The second-order valence-electron chi connectivity index (χ2n) is 6.39. The van der Waals surface area contributed by atoms with E-state index in [-0.39, 0.29) is 0 Å². The van der Waals surface area contributed by atoms with Crippen molar-refractivity contribution in [1.82, 2.24) is 15.0 Å². The normalized spacial score (nSPS) is 11.1. The molecule has 0 N–H and O–H groups in total. The van der Waals surface area contributed by atoms with Crippen molar-refractivity contribution in [2.45, 2.75) is 19.6 Å². The smallest absolute Gasteiger partial charge is 0.241 e. The Kier molecular flexibility index (Phi) is 6.24. The summed E-state index contributed by atoms with van der Waals surface area (Å²) in [6.07, 6.45) is 0. The zero-order chi connectivity index (χ0) is 20.1. The van der Waals surface area contributed by atoms with Gasteiger partial charge in [0.05, 0.1) is 20.8 Å². The minimum atomic E-state index is 0.535. The number of rotatable bonds is 9. The number of methoxy groups -OCH3 is 2. The van der Waals surface area contributed by atoms with E-state index in [4.69, 9.17) is 14.0 Å². The average molecular weight is 428 g/mol. The highest BCUT2D eigenvalue weighted by Gasteiger charge is 2.16. The maximum atomic E-state index is 5.55. The van der Waals surface area contributed by atoms with E-state index in [1.165, 1.54) is 9.75 Å². The molecule has 0 unspecified atom stereocenters. The van der Waals surface area contributed by atoms with Gasteiger partial charge in [0.1, 0.15) is 0 Å². The van der Waals surface area contributed by atoms with Crippen LogP contribution in [0.2, 0.25) is 0 Å². The molecule has 0 amide bonds. The van der Waals surface area contributed by atoms with Gasteiger partial charge in [-0.1, -0.05) is 17.3 Å². The van der Waals surface area contributed by atoms with Crippen molar-refractivity contribution >= 4 is 22.7 Å². The van der Waals surface area contributed by atoms with Gasteiger partial charge in [-0.2, -0.15) is 4.98 Å². The zero-order valence-electron chi connectivity index (χ0n) is 16.2. The van der Waals surface area contributed by atoms with Crippen molar-refractivity contribution in [2.75, 3.05) is 14.2 Å². The molecule has 29 heavy (non-hydrogen) atoms. The summed E-state index contributed by atoms with van der Waals surface area (Å²) in [5, 5.41) is 8.36. The molecule has 0 aliphatic rings. The maximum absolute atomic E-state index is 5.55. The Morgan fingerprint density at radius 2 is 1.59 bits per heavy atom. The predicted octanol–water partition coefficient (Wildman–Crippen LogP) is 5.08. The molecule has 0 bridgehead atoms. The van der Waals surface area contributed by atoms with E-state index in [9.17, 15) is 0 Å². The van der Waals surface area contributed by atoms with Crippen LogP contribution < -0.4 is 9.47 Å². The van der Waals surface area contributed by atoms with Gasteiger partial charge in [-0.25, -0.2) is 0 Å². The molecule has 0 saturated carbocycles. The fourth-order valence-electron chi connectivity index (χ4n) is 3.02. The van der Waals surface area contributed by atoms with Crippen LogP contribution in [0.3, 0.4) is 0 Å². The molecule has 3 heterocycles. The Morgan fingerprint density at radius 1 is 0.897 bits per heavy atom. The van der Waals surface area contributed by atoms with Gasteiger partial charge in [-0.05, 0) is 41.1 Å². The highest BCUT2D eigenvalue weighted by atomic mass is 32.1. The van der Waals surface area contributed by atoms with Gasteiger partial charge in [-0.3, -0.25) is 4.90 Å². The molecule has 4 rings (SSSR count). The highest BCUT2D eigenvalue weighted by Crippen LogP contribution is 2.31. The van der Waals surface area contributed by atoms with E-state index < -0.39 is 0 Å². The summed E-state index contributed by atoms with van der Waals surface area (Å²) in [4.78, 5) is 9.52. The van der Waals surface area contributed by atoms with Gasteiger partial charge in [0.2, 0.25) is 11.7 Å². The highest BCUT2D eigenvalue weighted by molar-refractivity contribution is 7.10. The van der Waals surface area contributed by atoms with Gasteiger partial charge < -0.3 is 14.0 Å². The minimum absolute atomic E-state index is 0.535. The largest absolute Gasteiger partial charge is 0.493 e. The Bertz CT molecular complexity index is 993. The molecule has 0 saturated heterocycles. The van der Waals surface area contributed by atoms with Crippen molar-refractivity contribution in [1.29, 1.82) is 0 Å². The predicted molar refractivity (Wildman–Crippen MR) is 114 cm³/mol. The minimum Gasteiger partial charge on any atom is -0.493 e. The van der Waals surface area contributed by atoms with Crippen LogP contribution in [0.5, 0.6) is 11.5 Å². The lowest BCUT2D eigenvalue weighted by Gasteiger charge is -2.18. The number of benzene rings is 1. The molecule has 0 atom stereocenters. The molecular weight excluding hydrogens is 406 g/mol. The van der Waals surface area contributed by atoms with E-state index in [2.05, 4.69) is 50.1 Å². The van der Waals surface area contributed by atoms with Crippen molar-refractivity contribution in [3.05, 3.63) is 68.9 Å². The summed E-state index contributed by atoms with van der Waals surface area (Å²) in [5.41, 5.74) is 0.820. The first kappa shape index (κ1) is 19.6. The van der Waals surface area contributed by atoms with Crippen LogP contribution in [0.15, 0.2) is 57.7 Å². The van der Waals surface area contributed by atoms with Crippen LogP contribution in [0.1, 0.15) is 15.6 Å². The third-order valence-electron chi connectivity index (χ3n) is 4.39. The monoisotopic (exact) mass is 427 g/mol. The standard InChI is InChI=1S/C21H21N3O3S2/c1-25-18-8-7-15(11-19(18)26-2)21-22-20(27-23-21)14-24(12-16-5-3-9-28-16)13-17-6-4-10-29-17/h3-11H,12-14H2,1-2H3. The molecule has 8 heteroatoms. The first-order valence-electron chi connectivity index (χ1n) is 9.07. The molecule has 1 aromatic carbocycles. The third-order valence-corrected chi connectivity index (χ3v) is 6.11. The first-order valence-corrected chi connectivity index (χ1v) is 10.8. The number of hydrogen-bond acceptors (Lipinski definition) is 8. The van der Waals surface area contributed by atoms with Crippen LogP contribution in [0.25, 0.3) is 11.4 Å². The maximum Gasteiger partial charge on any atom is 0.241 e. The van der Waals surface area contributed by atoms with E-state index in [0.717, 1.165) is 18.7 Å². The zero-order valence-corrected chi connectivity index (χ0v) is 17.8. The quantitative estimate of drug-likeness (QED) is 0.371. The molecule has 3 aromatic heterocycles. The molecular formula is C21H21N3O3S2. The summed E-state index contributed by atoms with van der Waals surface area (Å²) in [5.74, 6) is 2.42. The molecule has 0 fully saturated rings. The van der Waals surface area contributed by atoms with Crippen LogP contribution in [0.4, 0.5) is 0 Å². The van der Waals surface area contributed by atoms with Gasteiger partial charge in [0.25, 0.3) is 0 Å². The number of thiophene rings is 2. The van der Waals surface area contributed by atoms with E-state index in [1.807, 2.05) is 18.2 Å². The fraction of sp³-hybridized carbons (Fsp3) is 0.238. The van der Waals surface area contributed by atoms with Crippen molar-refractivity contribution in [3.8, 4) is 22.9 Å². The summed E-state index contributed by atoms with van der Waals surface area (Å²) in [6, 6.07) is 14.0. The Hall–Kier alpha value is -2.68. The van der Waals surface area contributed by atoms with E-state index >= 15 is 0 Å². The Balaban J connectivity index is 1.52. The summed E-state index contributed by atoms with van der Waals surface area (Å²) in [7, 11) is 3.22. The van der Waals surface area contributed by atoms with Gasteiger partial charge in [-0.15, -0.1) is 22.7 Å². The van der Waals surface area contributed by atoms with E-state index in [0.29, 0.717) is 29.8 Å². The molecule has 0 aliphatic carbocycles. The molecule has 150 valence electrons. The SMILES string of the molecule is COc1ccc(-c2noc(CN(Cc3cccs3)Cc3cccs3)n2)cc1OC. The molecule has 4 aromatic rings. The average Bonchev–Trinajstić information content (AvgIpc) is 3.51. The van der Waals surface area contributed by atoms with Gasteiger partial charge in [0.15, 0.2) is 11.5 Å². The van der Waals surface area contributed by atoms with Crippen LogP contribution >= 0.6 is 22.7 Å². The Morgan fingerprint density at radius 3 is 2.17 bits per heavy atom. The van der Waals surface area contributed by atoms with Crippen LogP contribution in [-0.4, -0.2) is 29.3 Å². The first-order chi connectivity index (χ1) is 14.2. The van der Waals surface area contributed by atoms with E-state index in [1.54, 1.807) is 36.9 Å². The fourth-order valence-corrected chi connectivity index (χ4v) is 4.51. The van der Waals surface area contributed by atoms with Crippen LogP contribution in [-0.2, 0) is 19.6 Å². The summed E-state index contributed by atoms with van der Waals surface area (Å²) < 4.78 is 16.2. The molecule has 0 aliphatic heterocycles. The van der Waals surface area contributed by atoms with Crippen molar-refractivity contribution in [3.63, 3.8) is 0 Å². The molecule has 6 nitrogen and oxygen atoms in total. The number of hydrogen-bond donors (Lipinski definition) is 0. The lowest BCUT2D eigenvalue weighted by molar-refractivity contribution is 0.214. The topological polar surface area (TPSA) is 60.6 Å². The third kappa shape index (κ3) is 4.84. The second-order valence-corrected chi connectivity index (χ2v) is 8.45. The lowest BCUT2D eigenvalue weighted by Crippen LogP contribution is -2.21. The molecule has 0 spiro atoms. The van der Waals surface area contributed by atoms with Crippen molar-refractivity contribution in [2.24, 2.45) is 0 Å². The van der Waals surface area contributed by atoms with Crippen molar-refractivity contribution < 1.29 is 14.0 Å². The lowest BCUT2D eigenvalue weighted by atomic mass is 10.2. The van der Waals surface area contributed by atoms with Gasteiger partial charge >= 0.3 is 0 Å². The summed E-state index contributed by atoms with van der Waals surface area (Å²) >= 11 is 3.51. The number of nitrogens with zero attached hydrogens (tertiary/aromatic N) is 3. The summed E-state index contributed by atoms with van der Waals surface area (Å²) in [6.45, 7) is 2.25. The Labute approximate surface area is 177 Å². The number of ether oxygens (including phenoxy) is 2. The van der Waals surface area contributed by atoms with Gasteiger partial charge in [0, 0.05) is 28.4 Å². The molecule has 0 radical (unpaired) electrons. The van der Waals surface area contributed by atoms with Crippen LogP contribution in [0, 0.1) is 0 Å².